The number of hydrogen-bond donors (Lipinski definition) is 0. The molecule has 0 radical (unpaired) electrons. The van der Waals surface area contributed by atoms with Gasteiger partial charge < -0.3 is 9.64 Å². The van der Waals surface area contributed by atoms with Gasteiger partial charge in [-0.2, -0.15) is 5.10 Å². The number of amides is 1. The highest BCUT2D eigenvalue weighted by atomic mass is 16.5. The zero-order valence-electron chi connectivity index (χ0n) is 17.4. The molecule has 0 aliphatic heterocycles. The Morgan fingerprint density at radius 2 is 1.86 bits per heavy atom. The SMILES string of the molecule is Cc1cccc(OCCN(C)C(=O)c2nn(CC(C)C)c(=O)c3ccccc23)c1. The first-order valence-corrected chi connectivity index (χ1v) is 9.81. The Balaban J connectivity index is 1.81. The largest absolute Gasteiger partial charge is 0.492 e. The third-order valence-corrected chi connectivity index (χ3v) is 4.64. The number of carbonyl (C=O) groups excluding carboxylic acids is 1. The molecule has 6 nitrogen and oxygen atoms in total. The lowest BCUT2D eigenvalue weighted by Crippen LogP contribution is -2.34. The number of likely N-dealkylation sites (N-methyl/N-ethyl adjacent to an activating group) is 1. The van der Waals surface area contributed by atoms with Gasteiger partial charge in [-0.15, -0.1) is 0 Å². The van der Waals surface area contributed by atoms with Crippen molar-refractivity contribution in [1.82, 2.24) is 14.7 Å². The van der Waals surface area contributed by atoms with Crippen molar-refractivity contribution in [2.45, 2.75) is 27.3 Å². The van der Waals surface area contributed by atoms with Crippen molar-refractivity contribution >= 4 is 16.7 Å². The molecule has 2 aromatic carbocycles. The number of aryl methyl sites for hydroxylation is 1. The first-order chi connectivity index (χ1) is 13.9. The fourth-order valence-corrected chi connectivity index (χ4v) is 3.15. The zero-order chi connectivity index (χ0) is 21.0. The van der Waals surface area contributed by atoms with Crippen LogP contribution in [0.3, 0.4) is 0 Å². The smallest absolute Gasteiger partial charge is 0.274 e. The average Bonchev–Trinajstić information content (AvgIpc) is 2.69. The summed E-state index contributed by atoms with van der Waals surface area (Å²) in [4.78, 5) is 27.4. The van der Waals surface area contributed by atoms with Gasteiger partial charge in [-0.05, 0) is 36.6 Å². The number of carbonyl (C=O) groups is 1. The summed E-state index contributed by atoms with van der Waals surface area (Å²) in [7, 11) is 1.72. The number of rotatable bonds is 7. The molecular formula is C23H27N3O3. The number of nitrogens with zero attached hydrogens (tertiary/aromatic N) is 3. The summed E-state index contributed by atoms with van der Waals surface area (Å²) in [6.45, 7) is 7.27. The Labute approximate surface area is 170 Å². The molecule has 1 heterocycles. The van der Waals surface area contributed by atoms with E-state index in [4.69, 9.17) is 4.74 Å². The molecule has 0 bridgehead atoms. The molecule has 0 saturated carbocycles. The van der Waals surface area contributed by atoms with Gasteiger partial charge in [0.25, 0.3) is 11.5 Å². The van der Waals surface area contributed by atoms with Crippen LogP contribution in [0.1, 0.15) is 29.9 Å². The van der Waals surface area contributed by atoms with Gasteiger partial charge in [-0.3, -0.25) is 9.59 Å². The molecule has 152 valence electrons. The van der Waals surface area contributed by atoms with Gasteiger partial charge in [-0.1, -0.05) is 44.2 Å². The highest BCUT2D eigenvalue weighted by molar-refractivity contribution is 6.04. The second-order valence-electron chi connectivity index (χ2n) is 7.67. The van der Waals surface area contributed by atoms with Gasteiger partial charge in [0.2, 0.25) is 0 Å². The van der Waals surface area contributed by atoms with Crippen molar-refractivity contribution in [3.05, 3.63) is 70.1 Å². The average molecular weight is 393 g/mol. The summed E-state index contributed by atoms with van der Waals surface area (Å²) < 4.78 is 7.16. The standard InChI is InChI=1S/C23H27N3O3/c1-16(2)15-26-22(27)20-11-6-5-10-19(20)21(24-26)23(28)25(4)12-13-29-18-9-7-8-17(3)14-18/h5-11,14,16H,12-13,15H2,1-4H3. The maximum Gasteiger partial charge on any atom is 0.274 e. The molecule has 1 amide bonds. The molecule has 0 N–H and O–H groups in total. The second-order valence-corrected chi connectivity index (χ2v) is 7.67. The van der Waals surface area contributed by atoms with Crippen LogP contribution in [0, 0.1) is 12.8 Å². The van der Waals surface area contributed by atoms with Crippen molar-refractivity contribution in [1.29, 1.82) is 0 Å². The van der Waals surface area contributed by atoms with Crippen LogP contribution in [-0.2, 0) is 6.54 Å². The van der Waals surface area contributed by atoms with Gasteiger partial charge in [0.05, 0.1) is 11.9 Å². The quantitative estimate of drug-likeness (QED) is 0.616. The topological polar surface area (TPSA) is 64.4 Å². The van der Waals surface area contributed by atoms with Crippen molar-refractivity contribution in [2.24, 2.45) is 5.92 Å². The molecule has 0 aliphatic rings. The van der Waals surface area contributed by atoms with Crippen LogP contribution >= 0.6 is 0 Å². The summed E-state index contributed by atoms with van der Waals surface area (Å²) in [6.07, 6.45) is 0. The van der Waals surface area contributed by atoms with E-state index in [-0.39, 0.29) is 17.4 Å². The molecule has 3 aromatic rings. The normalized spacial score (nSPS) is 11.1. The third kappa shape index (κ3) is 4.83. The van der Waals surface area contributed by atoms with E-state index in [2.05, 4.69) is 5.10 Å². The predicted molar refractivity (Wildman–Crippen MR) is 114 cm³/mol. The van der Waals surface area contributed by atoms with Crippen molar-refractivity contribution < 1.29 is 9.53 Å². The molecule has 3 rings (SSSR count). The number of ether oxygens (including phenoxy) is 1. The van der Waals surface area contributed by atoms with Crippen LogP contribution < -0.4 is 10.3 Å². The lowest BCUT2D eigenvalue weighted by molar-refractivity contribution is 0.0767. The summed E-state index contributed by atoms with van der Waals surface area (Å²) in [6, 6.07) is 14.9. The molecule has 6 heteroatoms. The molecule has 1 aromatic heterocycles. The molecule has 0 spiro atoms. The predicted octanol–water partition coefficient (Wildman–Crippen LogP) is 3.51. The second kappa shape index (κ2) is 8.90. The Morgan fingerprint density at radius 3 is 2.55 bits per heavy atom. The van der Waals surface area contributed by atoms with E-state index in [9.17, 15) is 9.59 Å². The minimum Gasteiger partial charge on any atom is -0.492 e. The summed E-state index contributed by atoms with van der Waals surface area (Å²) in [5.41, 5.74) is 1.24. The van der Waals surface area contributed by atoms with Crippen molar-refractivity contribution in [3.63, 3.8) is 0 Å². The van der Waals surface area contributed by atoms with Crippen LogP contribution in [-0.4, -0.2) is 40.8 Å². The fraction of sp³-hybridized carbons (Fsp3) is 0.348. The van der Waals surface area contributed by atoms with Crippen LogP contribution in [0.2, 0.25) is 0 Å². The Hall–Kier alpha value is -3.15. The van der Waals surface area contributed by atoms with Crippen LogP contribution in [0.15, 0.2) is 53.3 Å². The first kappa shape index (κ1) is 20.6. The van der Waals surface area contributed by atoms with Crippen molar-refractivity contribution in [2.75, 3.05) is 20.2 Å². The lowest BCUT2D eigenvalue weighted by Gasteiger charge is -2.19. The minimum absolute atomic E-state index is 0.170. The summed E-state index contributed by atoms with van der Waals surface area (Å²) >= 11 is 0. The fourth-order valence-electron chi connectivity index (χ4n) is 3.15. The van der Waals surface area contributed by atoms with E-state index in [0.29, 0.717) is 36.2 Å². The van der Waals surface area contributed by atoms with E-state index in [1.807, 2.05) is 51.1 Å². The van der Waals surface area contributed by atoms with Crippen LogP contribution in [0.25, 0.3) is 10.8 Å². The van der Waals surface area contributed by atoms with Crippen molar-refractivity contribution in [3.8, 4) is 5.75 Å². The molecule has 0 unspecified atom stereocenters. The van der Waals surface area contributed by atoms with E-state index in [1.165, 1.54) is 4.68 Å². The number of hydrogen-bond acceptors (Lipinski definition) is 4. The molecule has 0 aliphatic carbocycles. The highest BCUT2D eigenvalue weighted by Gasteiger charge is 2.20. The summed E-state index contributed by atoms with van der Waals surface area (Å²) in [5.74, 6) is 0.788. The van der Waals surface area contributed by atoms with Gasteiger partial charge in [0.15, 0.2) is 5.69 Å². The van der Waals surface area contributed by atoms with Crippen LogP contribution in [0.4, 0.5) is 0 Å². The van der Waals surface area contributed by atoms with E-state index >= 15 is 0 Å². The Kier molecular flexibility index (Phi) is 6.32. The lowest BCUT2D eigenvalue weighted by atomic mass is 10.1. The Morgan fingerprint density at radius 1 is 1.14 bits per heavy atom. The maximum absolute atomic E-state index is 13.1. The number of aromatic nitrogens is 2. The summed E-state index contributed by atoms with van der Waals surface area (Å²) in [5, 5.41) is 5.50. The molecule has 0 atom stereocenters. The zero-order valence-corrected chi connectivity index (χ0v) is 17.4. The van der Waals surface area contributed by atoms with E-state index < -0.39 is 0 Å². The van der Waals surface area contributed by atoms with Gasteiger partial charge in [0.1, 0.15) is 12.4 Å². The monoisotopic (exact) mass is 393 g/mol. The van der Waals surface area contributed by atoms with Crippen LogP contribution in [0.5, 0.6) is 5.75 Å². The third-order valence-electron chi connectivity index (χ3n) is 4.64. The molecule has 29 heavy (non-hydrogen) atoms. The van der Waals surface area contributed by atoms with E-state index in [0.717, 1.165) is 11.3 Å². The highest BCUT2D eigenvalue weighted by Crippen LogP contribution is 2.16. The number of fused-ring (bicyclic) bond motifs is 1. The minimum atomic E-state index is -0.230. The van der Waals surface area contributed by atoms with Gasteiger partial charge >= 0.3 is 0 Å². The Bertz CT molecular complexity index is 1070. The van der Waals surface area contributed by atoms with Gasteiger partial charge in [0, 0.05) is 19.0 Å². The number of benzene rings is 2. The first-order valence-electron chi connectivity index (χ1n) is 9.81. The molecular weight excluding hydrogens is 366 g/mol. The maximum atomic E-state index is 13.1. The van der Waals surface area contributed by atoms with Gasteiger partial charge in [-0.25, -0.2) is 4.68 Å². The molecule has 0 fully saturated rings. The van der Waals surface area contributed by atoms with E-state index in [1.54, 1.807) is 30.1 Å². The molecule has 0 saturated heterocycles.